The molecule has 1 fully saturated rings. The Morgan fingerprint density at radius 2 is 1.96 bits per heavy atom. The second-order valence-electron chi connectivity index (χ2n) is 6.73. The van der Waals surface area contributed by atoms with E-state index in [1.807, 2.05) is 36.9 Å². The van der Waals surface area contributed by atoms with Crippen LogP contribution in [0.25, 0.3) is 0 Å². The second-order valence-corrected chi connectivity index (χ2v) is 7.14. The molecular weight excluding hydrogens is 336 g/mol. The van der Waals surface area contributed by atoms with E-state index in [9.17, 15) is 4.79 Å². The van der Waals surface area contributed by atoms with Gasteiger partial charge < -0.3 is 10.2 Å². The fraction of sp³-hybridized carbons (Fsp3) is 0.421. The molecule has 1 aromatic heterocycles. The van der Waals surface area contributed by atoms with Crippen LogP contribution in [0.4, 0.5) is 11.6 Å². The quantitative estimate of drug-likeness (QED) is 0.885. The highest BCUT2D eigenvalue weighted by atomic mass is 35.5. The first-order valence-electron chi connectivity index (χ1n) is 8.61. The van der Waals surface area contributed by atoms with Crippen molar-refractivity contribution < 1.29 is 4.79 Å². The predicted octanol–water partition coefficient (Wildman–Crippen LogP) is 4.36. The van der Waals surface area contributed by atoms with Crippen LogP contribution in [0.5, 0.6) is 0 Å². The lowest BCUT2D eigenvalue weighted by Crippen LogP contribution is -2.38. The van der Waals surface area contributed by atoms with Crippen molar-refractivity contribution in [3.05, 3.63) is 46.2 Å². The summed E-state index contributed by atoms with van der Waals surface area (Å²) in [6.45, 7) is 7.61. The monoisotopic (exact) mass is 358 g/mol. The molecule has 1 aliphatic heterocycles. The van der Waals surface area contributed by atoms with Gasteiger partial charge in [-0.25, -0.2) is 9.97 Å². The van der Waals surface area contributed by atoms with Gasteiger partial charge in [-0.05, 0) is 56.4 Å². The Hall–Kier alpha value is -2.14. The third-order valence-electron chi connectivity index (χ3n) is 4.66. The van der Waals surface area contributed by atoms with Crippen LogP contribution in [0.2, 0.25) is 5.02 Å². The molecule has 0 atom stereocenters. The van der Waals surface area contributed by atoms with Crippen molar-refractivity contribution in [1.29, 1.82) is 0 Å². The molecule has 5 nitrogen and oxygen atoms in total. The number of piperidine rings is 1. The number of aryl methyl sites for hydroxylation is 1. The Balaban J connectivity index is 1.83. The number of nitrogens with one attached hydrogen (secondary N) is 1. The van der Waals surface area contributed by atoms with Gasteiger partial charge in [0.05, 0.1) is 0 Å². The summed E-state index contributed by atoms with van der Waals surface area (Å²) in [7, 11) is 0. The lowest BCUT2D eigenvalue weighted by molar-refractivity contribution is 0.0691. The van der Waals surface area contributed by atoms with E-state index in [1.54, 1.807) is 6.07 Å². The van der Waals surface area contributed by atoms with Gasteiger partial charge in [-0.1, -0.05) is 24.6 Å². The molecule has 3 rings (SSSR count). The molecule has 0 bridgehead atoms. The van der Waals surface area contributed by atoms with Gasteiger partial charge in [0.2, 0.25) is 5.95 Å². The second kappa shape index (κ2) is 7.40. The summed E-state index contributed by atoms with van der Waals surface area (Å²) in [5, 5.41) is 3.86. The van der Waals surface area contributed by atoms with E-state index in [1.165, 1.54) is 0 Å². The normalized spacial score (nSPS) is 15.3. The lowest BCUT2D eigenvalue weighted by Gasteiger charge is -2.30. The zero-order valence-corrected chi connectivity index (χ0v) is 15.6. The van der Waals surface area contributed by atoms with Crippen molar-refractivity contribution in [1.82, 2.24) is 14.9 Å². The van der Waals surface area contributed by atoms with Gasteiger partial charge in [0.25, 0.3) is 5.91 Å². The van der Waals surface area contributed by atoms with E-state index in [-0.39, 0.29) is 5.91 Å². The van der Waals surface area contributed by atoms with E-state index < -0.39 is 0 Å². The fourth-order valence-corrected chi connectivity index (χ4v) is 3.15. The van der Waals surface area contributed by atoms with E-state index >= 15 is 0 Å². The zero-order chi connectivity index (χ0) is 18.0. The first-order valence-corrected chi connectivity index (χ1v) is 8.99. The summed E-state index contributed by atoms with van der Waals surface area (Å²) in [5.74, 6) is 1.07. The number of hydrogen-bond donors (Lipinski definition) is 1. The molecule has 0 aliphatic carbocycles. The highest BCUT2D eigenvalue weighted by Crippen LogP contribution is 2.25. The average Bonchev–Trinajstić information content (AvgIpc) is 2.58. The maximum absolute atomic E-state index is 12.8. The molecule has 6 heteroatoms. The number of likely N-dealkylation sites (tertiary alicyclic amines) is 1. The van der Waals surface area contributed by atoms with Crippen LogP contribution in [-0.2, 0) is 0 Å². The highest BCUT2D eigenvalue weighted by molar-refractivity contribution is 6.31. The summed E-state index contributed by atoms with van der Waals surface area (Å²) in [6, 6.07) is 7.37. The molecule has 2 aromatic rings. The first kappa shape index (κ1) is 17.7. The first-order chi connectivity index (χ1) is 11.9. The molecular formula is C19H23ClN4O. The van der Waals surface area contributed by atoms with Crippen molar-refractivity contribution >= 4 is 29.1 Å². The van der Waals surface area contributed by atoms with E-state index in [0.29, 0.717) is 22.6 Å². The van der Waals surface area contributed by atoms with Gasteiger partial charge in [-0.15, -0.1) is 0 Å². The SMILES string of the molecule is Cc1cc(C(=O)N2CCC(C)CC2)nc(Nc2cccc(Cl)c2C)n1. The van der Waals surface area contributed by atoms with Crippen molar-refractivity contribution in [2.75, 3.05) is 18.4 Å². The average molecular weight is 359 g/mol. The smallest absolute Gasteiger partial charge is 0.272 e. The van der Waals surface area contributed by atoms with Crippen molar-refractivity contribution in [2.45, 2.75) is 33.6 Å². The predicted molar refractivity (Wildman–Crippen MR) is 101 cm³/mol. The number of carbonyl (C=O) groups excluding carboxylic acids is 1. The number of benzene rings is 1. The summed E-state index contributed by atoms with van der Waals surface area (Å²) in [6.07, 6.45) is 2.09. The molecule has 25 heavy (non-hydrogen) atoms. The number of hydrogen-bond acceptors (Lipinski definition) is 4. The van der Waals surface area contributed by atoms with Gasteiger partial charge in [-0.2, -0.15) is 0 Å². The van der Waals surface area contributed by atoms with Crippen molar-refractivity contribution in [3.63, 3.8) is 0 Å². The molecule has 132 valence electrons. The van der Waals surface area contributed by atoms with Crippen LogP contribution in [0.1, 0.15) is 41.5 Å². The van der Waals surface area contributed by atoms with Crippen LogP contribution < -0.4 is 5.32 Å². The third kappa shape index (κ3) is 4.10. The zero-order valence-electron chi connectivity index (χ0n) is 14.8. The molecule has 0 radical (unpaired) electrons. The summed E-state index contributed by atoms with van der Waals surface area (Å²) in [5.41, 5.74) is 2.95. The minimum atomic E-state index is -0.0248. The van der Waals surface area contributed by atoms with Crippen LogP contribution in [-0.4, -0.2) is 33.9 Å². The number of aromatic nitrogens is 2. The third-order valence-corrected chi connectivity index (χ3v) is 5.07. The van der Waals surface area contributed by atoms with E-state index in [0.717, 1.165) is 42.9 Å². The molecule has 1 aliphatic rings. The van der Waals surface area contributed by atoms with Crippen LogP contribution >= 0.6 is 11.6 Å². The Morgan fingerprint density at radius 3 is 2.68 bits per heavy atom. The maximum Gasteiger partial charge on any atom is 0.272 e. The maximum atomic E-state index is 12.8. The van der Waals surface area contributed by atoms with Gasteiger partial charge in [-0.3, -0.25) is 4.79 Å². The van der Waals surface area contributed by atoms with Crippen LogP contribution in [0.3, 0.4) is 0 Å². The Labute approximate surface area is 153 Å². The minimum Gasteiger partial charge on any atom is -0.337 e. The topological polar surface area (TPSA) is 58.1 Å². The molecule has 1 saturated heterocycles. The fourth-order valence-electron chi connectivity index (χ4n) is 2.97. The summed E-state index contributed by atoms with van der Waals surface area (Å²) in [4.78, 5) is 23.5. The Kier molecular flexibility index (Phi) is 5.23. The number of rotatable bonds is 3. The van der Waals surface area contributed by atoms with Crippen molar-refractivity contribution in [3.8, 4) is 0 Å². The molecule has 2 heterocycles. The number of halogens is 1. The van der Waals surface area contributed by atoms with Crippen LogP contribution in [0.15, 0.2) is 24.3 Å². The molecule has 1 amide bonds. The molecule has 0 spiro atoms. The Morgan fingerprint density at radius 1 is 1.24 bits per heavy atom. The van der Waals surface area contributed by atoms with Crippen LogP contribution in [0, 0.1) is 19.8 Å². The highest BCUT2D eigenvalue weighted by Gasteiger charge is 2.23. The molecule has 1 N–H and O–H groups in total. The van der Waals surface area contributed by atoms with E-state index in [2.05, 4.69) is 22.2 Å². The van der Waals surface area contributed by atoms with Crippen molar-refractivity contribution in [2.24, 2.45) is 5.92 Å². The number of nitrogens with zero attached hydrogens (tertiary/aromatic N) is 3. The van der Waals surface area contributed by atoms with Gasteiger partial charge in [0.15, 0.2) is 0 Å². The Bertz CT molecular complexity index is 785. The molecule has 1 aromatic carbocycles. The number of amides is 1. The lowest BCUT2D eigenvalue weighted by atomic mass is 9.99. The van der Waals surface area contributed by atoms with Gasteiger partial charge in [0.1, 0.15) is 5.69 Å². The number of anilines is 2. The largest absolute Gasteiger partial charge is 0.337 e. The summed E-state index contributed by atoms with van der Waals surface area (Å²) < 4.78 is 0. The molecule has 0 saturated carbocycles. The van der Waals surface area contributed by atoms with Gasteiger partial charge in [0, 0.05) is 29.5 Å². The standard InChI is InChI=1S/C19H23ClN4O/c1-12-7-9-24(10-8-12)18(25)17-11-13(2)21-19(23-17)22-16-6-4-5-15(20)14(16)3/h4-6,11-12H,7-10H2,1-3H3,(H,21,22,23). The number of carbonyl (C=O) groups is 1. The van der Waals surface area contributed by atoms with Gasteiger partial charge >= 0.3 is 0 Å². The summed E-state index contributed by atoms with van der Waals surface area (Å²) >= 11 is 6.16. The minimum absolute atomic E-state index is 0.0248. The van der Waals surface area contributed by atoms with E-state index in [4.69, 9.17) is 11.6 Å². The molecule has 0 unspecified atom stereocenters.